The van der Waals surface area contributed by atoms with Crippen molar-refractivity contribution in [2.24, 2.45) is 0 Å². The van der Waals surface area contributed by atoms with E-state index in [-0.39, 0.29) is 12.4 Å². The lowest BCUT2D eigenvalue weighted by Crippen LogP contribution is -2.48. The van der Waals surface area contributed by atoms with Crippen LogP contribution in [0.25, 0.3) is 0 Å². The molecule has 0 bridgehead atoms. The molecule has 1 N–H and O–H groups in total. The van der Waals surface area contributed by atoms with Gasteiger partial charge in [0.1, 0.15) is 11.9 Å². The van der Waals surface area contributed by atoms with Gasteiger partial charge in [0, 0.05) is 11.8 Å². The summed E-state index contributed by atoms with van der Waals surface area (Å²) in [5.74, 6) is -1.61. The van der Waals surface area contributed by atoms with E-state index < -0.39 is 41.6 Å². The van der Waals surface area contributed by atoms with E-state index in [0.717, 1.165) is 4.57 Å². The number of nitrogens with one attached hydrogen (secondary N) is 1. The molecule has 0 saturated carbocycles. The topological polar surface area (TPSA) is 109 Å². The van der Waals surface area contributed by atoms with Crippen LogP contribution in [0.2, 0.25) is 0 Å². The van der Waals surface area contributed by atoms with Crippen LogP contribution in [0.1, 0.15) is 30.4 Å². The van der Waals surface area contributed by atoms with Crippen molar-refractivity contribution in [1.29, 1.82) is 0 Å². The third-order valence-corrected chi connectivity index (χ3v) is 4.49. The van der Waals surface area contributed by atoms with Gasteiger partial charge in [-0.05, 0) is 32.0 Å². The monoisotopic (exact) mass is 385 g/mol. The molecule has 9 heteroatoms. The third-order valence-electron chi connectivity index (χ3n) is 4.49. The number of amides is 1. The minimum atomic E-state index is -1.15. The predicted octanol–water partition coefficient (Wildman–Crippen LogP) is 1.11. The largest absolute Gasteiger partial charge is 0.352 e. The highest BCUT2D eigenvalue weighted by Gasteiger charge is 2.51. The fourth-order valence-electron chi connectivity index (χ4n) is 3.26. The van der Waals surface area contributed by atoms with Gasteiger partial charge >= 0.3 is 5.69 Å². The summed E-state index contributed by atoms with van der Waals surface area (Å²) in [5, 5.41) is 2.55. The molecule has 2 fully saturated rings. The second-order valence-corrected chi connectivity index (χ2v) is 7.01. The predicted molar refractivity (Wildman–Crippen MR) is 96.7 cm³/mol. The van der Waals surface area contributed by atoms with Crippen LogP contribution in [0.5, 0.6) is 0 Å². The highest BCUT2D eigenvalue weighted by molar-refractivity contribution is 6.03. The SMILES string of the molecule is CC1(C)O[C@@H]2CO[C@H](n3ccc(NC(=O)c4ccccc4)nc3=O)C(=O)[C@@H]2O1. The van der Waals surface area contributed by atoms with Gasteiger partial charge in [-0.3, -0.25) is 14.2 Å². The van der Waals surface area contributed by atoms with Gasteiger partial charge in [0.25, 0.3) is 5.91 Å². The van der Waals surface area contributed by atoms with Gasteiger partial charge in [0.05, 0.1) is 6.61 Å². The van der Waals surface area contributed by atoms with Gasteiger partial charge in [-0.1, -0.05) is 18.2 Å². The van der Waals surface area contributed by atoms with Gasteiger partial charge in [-0.25, -0.2) is 4.79 Å². The van der Waals surface area contributed by atoms with Gasteiger partial charge in [0.2, 0.25) is 5.78 Å². The Morgan fingerprint density at radius 1 is 1.18 bits per heavy atom. The smallest absolute Gasteiger partial charge is 0.348 e. The van der Waals surface area contributed by atoms with Crippen molar-refractivity contribution in [2.75, 3.05) is 11.9 Å². The van der Waals surface area contributed by atoms with Crippen LogP contribution in [-0.2, 0) is 19.0 Å². The summed E-state index contributed by atoms with van der Waals surface area (Å²) in [5.41, 5.74) is -0.285. The third kappa shape index (κ3) is 3.47. The number of anilines is 1. The molecule has 0 unspecified atom stereocenters. The number of hydrogen-bond donors (Lipinski definition) is 1. The van der Waals surface area contributed by atoms with Crippen molar-refractivity contribution in [3.8, 4) is 0 Å². The van der Waals surface area contributed by atoms with Crippen LogP contribution in [0.4, 0.5) is 5.82 Å². The van der Waals surface area contributed by atoms with Crippen LogP contribution in [-0.4, -0.2) is 45.8 Å². The van der Waals surface area contributed by atoms with Crippen LogP contribution in [0.3, 0.4) is 0 Å². The first kappa shape index (κ1) is 18.5. The Bertz CT molecular complexity index is 971. The first-order valence-electron chi connectivity index (χ1n) is 8.81. The highest BCUT2D eigenvalue weighted by Crippen LogP contribution is 2.34. The Balaban J connectivity index is 1.51. The Hall–Kier alpha value is -2.88. The van der Waals surface area contributed by atoms with E-state index in [9.17, 15) is 14.4 Å². The van der Waals surface area contributed by atoms with E-state index in [1.54, 1.807) is 44.2 Å². The average Bonchev–Trinajstić information content (AvgIpc) is 2.99. The summed E-state index contributed by atoms with van der Waals surface area (Å²) in [6.45, 7) is 3.54. The lowest BCUT2D eigenvalue weighted by Gasteiger charge is -2.29. The van der Waals surface area contributed by atoms with Crippen molar-refractivity contribution < 1.29 is 23.8 Å². The second kappa shape index (κ2) is 6.93. The van der Waals surface area contributed by atoms with E-state index >= 15 is 0 Å². The quantitative estimate of drug-likeness (QED) is 0.843. The van der Waals surface area contributed by atoms with Gasteiger partial charge in [0.15, 0.2) is 18.1 Å². The number of carbonyl (C=O) groups is 2. The molecule has 28 heavy (non-hydrogen) atoms. The van der Waals surface area contributed by atoms with E-state index in [2.05, 4.69) is 10.3 Å². The number of carbonyl (C=O) groups excluding carboxylic acids is 2. The summed E-state index contributed by atoms with van der Waals surface area (Å²) < 4.78 is 17.9. The molecule has 2 aliphatic rings. The molecular weight excluding hydrogens is 366 g/mol. The number of nitrogens with zero attached hydrogens (tertiary/aromatic N) is 2. The summed E-state index contributed by atoms with van der Waals surface area (Å²) in [4.78, 5) is 41.1. The Morgan fingerprint density at radius 3 is 2.64 bits per heavy atom. The summed E-state index contributed by atoms with van der Waals surface area (Å²) in [6.07, 6.45) is -1.11. The van der Waals surface area contributed by atoms with Crippen molar-refractivity contribution in [2.45, 2.75) is 38.1 Å². The molecule has 2 saturated heterocycles. The summed E-state index contributed by atoms with van der Waals surface area (Å²) in [6, 6.07) is 9.98. The first-order chi connectivity index (χ1) is 13.3. The van der Waals surface area contributed by atoms with Gasteiger partial charge in [-0.15, -0.1) is 0 Å². The minimum Gasteiger partial charge on any atom is -0.348 e. The summed E-state index contributed by atoms with van der Waals surface area (Å²) >= 11 is 0. The molecule has 3 atom stereocenters. The summed E-state index contributed by atoms with van der Waals surface area (Å²) in [7, 11) is 0. The number of aromatic nitrogens is 2. The fourth-order valence-corrected chi connectivity index (χ4v) is 3.26. The van der Waals surface area contributed by atoms with Crippen molar-refractivity contribution in [3.63, 3.8) is 0 Å². The van der Waals surface area contributed by atoms with Gasteiger partial charge < -0.3 is 19.5 Å². The molecule has 2 aromatic rings. The second-order valence-electron chi connectivity index (χ2n) is 7.01. The highest BCUT2D eigenvalue weighted by atomic mass is 16.8. The number of benzene rings is 1. The molecule has 146 valence electrons. The van der Waals surface area contributed by atoms with Crippen molar-refractivity contribution in [1.82, 2.24) is 9.55 Å². The van der Waals surface area contributed by atoms with E-state index in [0.29, 0.717) is 5.56 Å². The van der Waals surface area contributed by atoms with E-state index in [1.807, 2.05) is 0 Å². The zero-order chi connectivity index (χ0) is 19.9. The van der Waals surface area contributed by atoms with Crippen molar-refractivity contribution in [3.05, 3.63) is 58.6 Å². The molecule has 0 spiro atoms. The number of ketones is 1. The number of ether oxygens (including phenoxy) is 3. The van der Waals surface area contributed by atoms with E-state index in [1.165, 1.54) is 12.3 Å². The zero-order valence-electron chi connectivity index (χ0n) is 15.3. The Morgan fingerprint density at radius 2 is 1.93 bits per heavy atom. The number of hydrogen-bond acceptors (Lipinski definition) is 7. The molecule has 0 radical (unpaired) electrons. The molecule has 1 aromatic heterocycles. The van der Waals surface area contributed by atoms with Crippen molar-refractivity contribution >= 4 is 17.5 Å². The minimum absolute atomic E-state index is 0.0813. The van der Waals surface area contributed by atoms with Gasteiger partial charge in [-0.2, -0.15) is 4.98 Å². The maximum Gasteiger partial charge on any atom is 0.352 e. The molecule has 0 aliphatic carbocycles. The molecule has 4 rings (SSSR count). The fraction of sp³-hybridized carbons (Fsp3) is 0.368. The Labute approximate surface area is 160 Å². The Kier molecular flexibility index (Phi) is 4.58. The lowest BCUT2D eigenvalue weighted by atomic mass is 10.1. The maximum atomic E-state index is 12.7. The molecule has 9 nitrogen and oxygen atoms in total. The molecule has 1 amide bonds. The lowest BCUT2D eigenvalue weighted by molar-refractivity contribution is -0.161. The number of Topliss-reactive ketones (excluding diaryl/α,β-unsaturated/α-hetero) is 1. The van der Waals surface area contributed by atoms with Crippen LogP contribution < -0.4 is 11.0 Å². The molecule has 2 aliphatic heterocycles. The first-order valence-corrected chi connectivity index (χ1v) is 8.81. The van der Waals surface area contributed by atoms with Crippen LogP contribution in [0, 0.1) is 0 Å². The maximum absolute atomic E-state index is 12.7. The molecule has 3 heterocycles. The molecule has 1 aromatic carbocycles. The number of rotatable bonds is 3. The normalized spacial score (nSPS) is 25.9. The van der Waals surface area contributed by atoms with Crippen LogP contribution >= 0.6 is 0 Å². The zero-order valence-corrected chi connectivity index (χ0v) is 15.3. The average molecular weight is 385 g/mol. The van der Waals surface area contributed by atoms with E-state index in [4.69, 9.17) is 14.2 Å². The van der Waals surface area contributed by atoms with Crippen LogP contribution in [0.15, 0.2) is 47.4 Å². The number of fused-ring (bicyclic) bond motifs is 1. The standard InChI is InChI=1S/C19H19N3O6/c1-19(2)27-12-10-26-17(14(23)15(12)28-19)22-9-8-13(21-18(22)25)20-16(24)11-6-4-3-5-7-11/h3-9,12,15,17H,10H2,1-2H3,(H,20,21,24,25)/t12-,15-,17+/m1/s1. The molecular formula is C19H19N3O6.